The average molecular weight is 405 g/mol. The van der Waals surface area contributed by atoms with Crippen LogP contribution in [0.5, 0.6) is 17.2 Å². The highest BCUT2D eigenvalue weighted by atomic mass is 16.5. The Labute approximate surface area is 175 Å². The van der Waals surface area contributed by atoms with Crippen molar-refractivity contribution in [2.75, 3.05) is 26.6 Å². The lowest BCUT2D eigenvalue weighted by Gasteiger charge is -2.13. The number of ether oxygens (including phenoxy) is 3. The van der Waals surface area contributed by atoms with E-state index in [2.05, 4.69) is 16.4 Å². The number of aromatic nitrogens is 1. The maximum atomic E-state index is 9.41. The summed E-state index contributed by atoms with van der Waals surface area (Å²) in [4.78, 5) is 4.25. The zero-order valence-corrected chi connectivity index (χ0v) is 17.3. The molecule has 7 nitrogen and oxygen atoms in total. The van der Waals surface area contributed by atoms with Crippen molar-refractivity contribution in [3.05, 3.63) is 65.2 Å². The molecule has 0 aliphatic rings. The largest absolute Gasteiger partial charge is 0.493 e. The van der Waals surface area contributed by atoms with Gasteiger partial charge in [-0.15, -0.1) is 0 Å². The Morgan fingerprint density at radius 2 is 1.70 bits per heavy atom. The van der Waals surface area contributed by atoms with E-state index in [9.17, 15) is 5.26 Å². The minimum Gasteiger partial charge on any atom is -0.493 e. The Morgan fingerprint density at radius 1 is 1.03 bits per heavy atom. The number of hydrogen-bond acceptors (Lipinski definition) is 7. The van der Waals surface area contributed by atoms with Crippen molar-refractivity contribution >= 4 is 18.0 Å². The third-order valence-corrected chi connectivity index (χ3v) is 4.50. The van der Waals surface area contributed by atoms with E-state index in [-0.39, 0.29) is 11.7 Å². The lowest BCUT2D eigenvalue weighted by atomic mass is 10.1. The van der Waals surface area contributed by atoms with Crippen molar-refractivity contribution in [3.63, 3.8) is 0 Å². The summed E-state index contributed by atoms with van der Waals surface area (Å²) < 4.78 is 21.8. The normalized spacial score (nSPS) is 11.7. The van der Waals surface area contributed by atoms with Gasteiger partial charge in [-0.05, 0) is 36.3 Å². The second-order valence-electron chi connectivity index (χ2n) is 6.41. The van der Waals surface area contributed by atoms with Crippen molar-refractivity contribution in [1.82, 2.24) is 4.98 Å². The molecular formula is C23H23N3O4. The van der Waals surface area contributed by atoms with E-state index in [1.54, 1.807) is 33.5 Å². The standard InChI is InChI=1S/C23H23N3O4/c1-15(17-8-6-5-7-9-17)25-23-18(14-24)26-21(30-23)11-10-16-12-19(27-2)22(29-4)20(13-16)28-3/h5-13,15,25H,1-4H3. The summed E-state index contributed by atoms with van der Waals surface area (Å²) in [6, 6.07) is 15.5. The van der Waals surface area contributed by atoms with Crippen molar-refractivity contribution in [3.8, 4) is 23.3 Å². The second kappa shape index (κ2) is 9.52. The van der Waals surface area contributed by atoms with Crippen LogP contribution in [0.4, 0.5) is 5.88 Å². The van der Waals surface area contributed by atoms with Crippen molar-refractivity contribution in [2.45, 2.75) is 13.0 Å². The summed E-state index contributed by atoms with van der Waals surface area (Å²) in [7, 11) is 4.67. The van der Waals surface area contributed by atoms with Crippen LogP contribution in [-0.2, 0) is 0 Å². The molecule has 1 aromatic heterocycles. The third-order valence-electron chi connectivity index (χ3n) is 4.50. The van der Waals surface area contributed by atoms with Crippen LogP contribution < -0.4 is 19.5 Å². The molecule has 0 saturated carbocycles. The molecule has 0 spiro atoms. The molecule has 0 radical (unpaired) electrons. The van der Waals surface area contributed by atoms with E-state index in [0.717, 1.165) is 11.1 Å². The Bertz CT molecular complexity index is 1040. The predicted molar refractivity (Wildman–Crippen MR) is 115 cm³/mol. The number of benzene rings is 2. The minimum atomic E-state index is -0.0433. The molecule has 0 fully saturated rings. The average Bonchev–Trinajstić information content (AvgIpc) is 3.18. The number of anilines is 1. The van der Waals surface area contributed by atoms with Crippen molar-refractivity contribution in [1.29, 1.82) is 5.26 Å². The van der Waals surface area contributed by atoms with Gasteiger partial charge in [0.15, 0.2) is 11.5 Å². The number of oxazole rings is 1. The van der Waals surface area contributed by atoms with Crippen LogP contribution >= 0.6 is 0 Å². The molecule has 0 amide bonds. The Hall–Kier alpha value is -3.92. The molecule has 1 heterocycles. The van der Waals surface area contributed by atoms with Crippen molar-refractivity contribution in [2.24, 2.45) is 0 Å². The van der Waals surface area contributed by atoms with Crippen LogP contribution in [0.15, 0.2) is 46.9 Å². The van der Waals surface area contributed by atoms with Crippen LogP contribution in [0, 0.1) is 11.3 Å². The lowest BCUT2D eigenvalue weighted by molar-refractivity contribution is 0.324. The number of nitriles is 1. The van der Waals surface area contributed by atoms with E-state index in [1.165, 1.54) is 0 Å². The highest BCUT2D eigenvalue weighted by Gasteiger charge is 2.15. The summed E-state index contributed by atoms with van der Waals surface area (Å²) in [6.45, 7) is 1.99. The Kier molecular flexibility index (Phi) is 6.60. The van der Waals surface area contributed by atoms with Gasteiger partial charge in [0.25, 0.3) is 0 Å². The Balaban J connectivity index is 1.84. The summed E-state index contributed by atoms with van der Waals surface area (Å²) >= 11 is 0. The van der Waals surface area contributed by atoms with Gasteiger partial charge in [-0.1, -0.05) is 30.3 Å². The van der Waals surface area contributed by atoms with Gasteiger partial charge in [-0.3, -0.25) is 0 Å². The van der Waals surface area contributed by atoms with Crippen LogP contribution in [-0.4, -0.2) is 26.3 Å². The second-order valence-corrected chi connectivity index (χ2v) is 6.41. The fraction of sp³-hybridized carbons (Fsp3) is 0.217. The maximum absolute atomic E-state index is 9.41. The first-order chi connectivity index (χ1) is 14.6. The molecular weight excluding hydrogens is 382 g/mol. The fourth-order valence-electron chi connectivity index (χ4n) is 2.97. The first-order valence-electron chi connectivity index (χ1n) is 9.30. The molecule has 154 valence electrons. The third kappa shape index (κ3) is 4.55. The smallest absolute Gasteiger partial charge is 0.233 e. The van der Waals surface area contributed by atoms with Crippen LogP contribution in [0.1, 0.15) is 35.7 Å². The lowest BCUT2D eigenvalue weighted by Crippen LogP contribution is -2.06. The molecule has 0 bridgehead atoms. The SMILES string of the molecule is COc1cc(C=Cc2nc(C#N)c(NC(C)c3ccccc3)o2)cc(OC)c1OC. The number of hydrogen-bond donors (Lipinski definition) is 1. The van der Waals surface area contributed by atoms with Gasteiger partial charge >= 0.3 is 0 Å². The number of nitrogens with zero attached hydrogens (tertiary/aromatic N) is 2. The Morgan fingerprint density at radius 3 is 2.27 bits per heavy atom. The monoisotopic (exact) mass is 405 g/mol. The zero-order valence-electron chi connectivity index (χ0n) is 17.3. The van der Waals surface area contributed by atoms with E-state index in [1.807, 2.05) is 49.4 Å². The van der Waals surface area contributed by atoms with Crippen LogP contribution in [0.2, 0.25) is 0 Å². The van der Waals surface area contributed by atoms with Gasteiger partial charge < -0.3 is 23.9 Å². The highest BCUT2D eigenvalue weighted by molar-refractivity contribution is 5.71. The van der Waals surface area contributed by atoms with Gasteiger partial charge in [-0.25, -0.2) is 0 Å². The van der Waals surface area contributed by atoms with Gasteiger partial charge in [0.2, 0.25) is 23.2 Å². The van der Waals surface area contributed by atoms with Crippen molar-refractivity contribution < 1.29 is 18.6 Å². The molecule has 0 aliphatic carbocycles. The predicted octanol–water partition coefficient (Wildman–Crippen LogP) is 4.92. The molecule has 0 saturated heterocycles. The number of rotatable bonds is 8. The van der Waals surface area contributed by atoms with Crippen LogP contribution in [0.25, 0.3) is 12.2 Å². The highest BCUT2D eigenvalue weighted by Crippen LogP contribution is 2.38. The summed E-state index contributed by atoms with van der Waals surface area (Å²) in [6.07, 6.45) is 3.47. The quantitative estimate of drug-likeness (QED) is 0.569. The summed E-state index contributed by atoms with van der Waals surface area (Å²) in [5.41, 5.74) is 2.07. The summed E-state index contributed by atoms with van der Waals surface area (Å²) in [5.74, 6) is 2.24. The first kappa shape index (κ1) is 20.8. The van der Waals surface area contributed by atoms with E-state index >= 15 is 0 Å². The molecule has 3 aromatic rings. The number of nitrogens with one attached hydrogen (secondary N) is 1. The minimum absolute atomic E-state index is 0.0433. The van der Waals surface area contributed by atoms with E-state index in [0.29, 0.717) is 29.0 Å². The molecule has 1 atom stereocenters. The molecule has 1 unspecified atom stereocenters. The van der Waals surface area contributed by atoms with E-state index < -0.39 is 0 Å². The molecule has 0 aliphatic heterocycles. The van der Waals surface area contributed by atoms with Gasteiger partial charge in [-0.2, -0.15) is 10.2 Å². The molecule has 7 heteroatoms. The number of methoxy groups -OCH3 is 3. The molecule has 3 rings (SSSR count). The summed E-state index contributed by atoms with van der Waals surface area (Å²) in [5, 5.41) is 12.6. The van der Waals surface area contributed by atoms with E-state index in [4.69, 9.17) is 18.6 Å². The zero-order chi connectivity index (χ0) is 21.5. The molecule has 1 N–H and O–H groups in total. The molecule has 30 heavy (non-hydrogen) atoms. The maximum Gasteiger partial charge on any atom is 0.233 e. The van der Waals surface area contributed by atoms with Gasteiger partial charge in [0, 0.05) is 6.08 Å². The first-order valence-corrected chi connectivity index (χ1v) is 9.30. The fourth-order valence-corrected chi connectivity index (χ4v) is 2.97. The van der Waals surface area contributed by atoms with Gasteiger partial charge in [0.05, 0.1) is 27.4 Å². The van der Waals surface area contributed by atoms with Crippen LogP contribution in [0.3, 0.4) is 0 Å². The molecule has 2 aromatic carbocycles. The van der Waals surface area contributed by atoms with Gasteiger partial charge in [0.1, 0.15) is 6.07 Å². The topological polar surface area (TPSA) is 89.5 Å².